The van der Waals surface area contributed by atoms with Gasteiger partial charge in [0, 0.05) is 25.9 Å². The Balaban J connectivity index is 3.35. The molecule has 0 fully saturated rings. The zero-order valence-corrected chi connectivity index (χ0v) is 11.8. The number of sulfone groups is 1. The SMILES string of the molecule is CN(CCO)C(=O)c1ccc(S(C)(=O)=O)cc1[N+](=O)[O-]. The third-order valence-corrected chi connectivity index (χ3v) is 3.72. The van der Waals surface area contributed by atoms with E-state index in [4.69, 9.17) is 5.11 Å². The van der Waals surface area contributed by atoms with E-state index in [1.54, 1.807) is 0 Å². The monoisotopic (exact) mass is 302 g/mol. The number of nitro groups is 1. The van der Waals surface area contributed by atoms with Gasteiger partial charge < -0.3 is 10.0 Å². The summed E-state index contributed by atoms with van der Waals surface area (Å²) < 4.78 is 22.7. The lowest BCUT2D eigenvalue weighted by Crippen LogP contribution is -2.30. The highest BCUT2D eigenvalue weighted by Crippen LogP contribution is 2.24. The van der Waals surface area contributed by atoms with E-state index in [1.165, 1.54) is 7.05 Å². The maximum atomic E-state index is 12.0. The molecule has 0 aliphatic heterocycles. The van der Waals surface area contributed by atoms with E-state index < -0.39 is 26.4 Å². The van der Waals surface area contributed by atoms with Crippen molar-refractivity contribution in [1.82, 2.24) is 4.90 Å². The normalized spacial score (nSPS) is 11.2. The molecule has 20 heavy (non-hydrogen) atoms. The van der Waals surface area contributed by atoms with Crippen molar-refractivity contribution in [3.05, 3.63) is 33.9 Å². The van der Waals surface area contributed by atoms with Crippen molar-refractivity contribution in [2.45, 2.75) is 4.90 Å². The van der Waals surface area contributed by atoms with Crippen molar-refractivity contribution in [1.29, 1.82) is 0 Å². The Kier molecular flexibility index (Phi) is 4.79. The third kappa shape index (κ3) is 3.52. The summed E-state index contributed by atoms with van der Waals surface area (Å²) in [6.45, 7) is -0.263. The molecule has 0 atom stereocenters. The number of aliphatic hydroxyl groups excluding tert-OH is 1. The van der Waals surface area contributed by atoms with Gasteiger partial charge in [-0.05, 0) is 12.1 Å². The molecule has 9 heteroatoms. The average molecular weight is 302 g/mol. The zero-order valence-electron chi connectivity index (χ0n) is 10.9. The van der Waals surface area contributed by atoms with Crippen LogP contribution in [0.4, 0.5) is 5.69 Å². The van der Waals surface area contributed by atoms with Crippen molar-refractivity contribution < 1.29 is 23.2 Å². The fraction of sp³-hybridized carbons (Fsp3) is 0.364. The van der Waals surface area contributed by atoms with Crippen LogP contribution in [0.15, 0.2) is 23.1 Å². The van der Waals surface area contributed by atoms with Crippen molar-refractivity contribution in [2.24, 2.45) is 0 Å². The minimum atomic E-state index is -3.60. The lowest BCUT2D eigenvalue weighted by atomic mass is 10.1. The van der Waals surface area contributed by atoms with Gasteiger partial charge in [0.25, 0.3) is 11.6 Å². The predicted molar refractivity (Wildman–Crippen MR) is 70.3 cm³/mol. The van der Waals surface area contributed by atoms with Crippen LogP contribution in [-0.4, -0.2) is 55.7 Å². The fourth-order valence-corrected chi connectivity index (χ4v) is 2.17. The van der Waals surface area contributed by atoms with E-state index in [0.29, 0.717) is 0 Å². The van der Waals surface area contributed by atoms with Crippen LogP contribution < -0.4 is 0 Å². The molecule has 0 unspecified atom stereocenters. The maximum Gasteiger partial charge on any atom is 0.283 e. The molecule has 110 valence electrons. The van der Waals surface area contributed by atoms with Gasteiger partial charge in [-0.25, -0.2) is 8.42 Å². The predicted octanol–water partition coefficient (Wildman–Crippen LogP) is 0.0626. The molecule has 1 aromatic rings. The molecule has 0 aromatic heterocycles. The number of rotatable bonds is 5. The minimum absolute atomic E-state index is 0.0177. The van der Waals surface area contributed by atoms with Crippen molar-refractivity contribution >= 4 is 21.4 Å². The molecule has 0 bridgehead atoms. The lowest BCUT2D eigenvalue weighted by molar-refractivity contribution is -0.385. The zero-order chi connectivity index (χ0) is 15.5. The van der Waals surface area contributed by atoms with E-state index in [1.807, 2.05) is 0 Å². The molecule has 0 radical (unpaired) electrons. The first-order chi connectivity index (χ1) is 9.18. The number of carbonyl (C=O) groups excluding carboxylic acids is 1. The second-order valence-electron chi connectivity index (χ2n) is 4.16. The summed E-state index contributed by atoms with van der Waals surface area (Å²) >= 11 is 0. The second kappa shape index (κ2) is 5.97. The average Bonchev–Trinajstić information content (AvgIpc) is 2.36. The van der Waals surface area contributed by atoms with Gasteiger partial charge in [-0.2, -0.15) is 0 Å². The Bertz CT molecular complexity index is 640. The number of nitrogens with zero attached hydrogens (tertiary/aromatic N) is 2. The van der Waals surface area contributed by atoms with Gasteiger partial charge in [-0.3, -0.25) is 14.9 Å². The Hall–Kier alpha value is -2.00. The Morgan fingerprint density at radius 2 is 2.05 bits per heavy atom. The standard InChI is InChI=1S/C11H14N2O6S/c1-12(5-6-14)11(15)9-4-3-8(20(2,18)19)7-10(9)13(16)17/h3-4,7,14H,5-6H2,1-2H3. The first-order valence-corrected chi connectivity index (χ1v) is 7.42. The van der Waals surface area contributed by atoms with E-state index in [2.05, 4.69) is 0 Å². The minimum Gasteiger partial charge on any atom is -0.395 e. The van der Waals surface area contributed by atoms with Crippen LogP contribution in [0.2, 0.25) is 0 Å². The fourth-order valence-electron chi connectivity index (χ4n) is 1.53. The highest BCUT2D eigenvalue weighted by Gasteiger charge is 2.25. The summed E-state index contributed by atoms with van der Waals surface area (Å²) in [7, 11) is -2.22. The molecule has 0 spiro atoms. The van der Waals surface area contributed by atoms with Crippen LogP contribution in [-0.2, 0) is 9.84 Å². The summed E-state index contributed by atoms with van der Waals surface area (Å²) in [6, 6.07) is 3.10. The quantitative estimate of drug-likeness (QED) is 0.607. The first kappa shape index (κ1) is 16.1. The van der Waals surface area contributed by atoms with Gasteiger partial charge >= 0.3 is 0 Å². The van der Waals surface area contributed by atoms with Crippen LogP contribution in [0.3, 0.4) is 0 Å². The molecule has 1 aromatic carbocycles. The van der Waals surface area contributed by atoms with Gasteiger partial charge in [0.1, 0.15) is 5.56 Å². The molecular weight excluding hydrogens is 288 g/mol. The molecule has 0 heterocycles. The number of likely N-dealkylation sites (N-methyl/N-ethyl adjacent to an activating group) is 1. The summed E-state index contributed by atoms with van der Waals surface area (Å²) in [4.78, 5) is 23.0. The van der Waals surface area contributed by atoms with E-state index >= 15 is 0 Å². The van der Waals surface area contributed by atoms with Gasteiger partial charge in [0.15, 0.2) is 9.84 Å². The van der Waals surface area contributed by atoms with Crippen LogP contribution in [0, 0.1) is 10.1 Å². The molecule has 1 N–H and O–H groups in total. The highest BCUT2D eigenvalue weighted by molar-refractivity contribution is 7.90. The molecular formula is C11H14N2O6S. The van der Waals surface area contributed by atoms with Crippen molar-refractivity contribution in [2.75, 3.05) is 26.5 Å². The van der Waals surface area contributed by atoms with Crippen LogP contribution in [0.25, 0.3) is 0 Å². The summed E-state index contributed by atoms with van der Waals surface area (Å²) in [6.07, 6.45) is 0.922. The van der Waals surface area contributed by atoms with E-state index in [0.717, 1.165) is 29.4 Å². The Morgan fingerprint density at radius 3 is 2.50 bits per heavy atom. The third-order valence-electron chi connectivity index (χ3n) is 2.61. The molecule has 1 amide bonds. The molecule has 0 saturated carbocycles. The first-order valence-electron chi connectivity index (χ1n) is 5.53. The molecule has 1 rings (SSSR count). The topological polar surface area (TPSA) is 118 Å². The van der Waals surface area contributed by atoms with E-state index in [9.17, 15) is 23.3 Å². The summed E-state index contributed by atoms with van der Waals surface area (Å²) in [5.74, 6) is -0.661. The van der Waals surface area contributed by atoms with Crippen molar-refractivity contribution in [3.8, 4) is 0 Å². The van der Waals surface area contributed by atoms with Gasteiger partial charge in [-0.1, -0.05) is 0 Å². The largest absolute Gasteiger partial charge is 0.395 e. The number of carbonyl (C=O) groups is 1. The van der Waals surface area contributed by atoms with Crippen LogP contribution >= 0.6 is 0 Å². The van der Waals surface area contributed by atoms with Gasteiger partial charge in [-0.15, -0.1) is 0 Å². The summed E-state index contributed by atoms with van der Waals surface area (Å²) in [5.41, 5.74) is -0.805. The number of benzene rings is 1. The smallest absolute Gasteiger partial charge is 0.283 e. The lowest BCUT2D eigenvalue weighted by Gasteiger charge is -2.15. The number of hydrogen-bond acceptors (Lipinski definition) is 6. The number of amides is 1. The number of hydrogen-bond donors (Lipinski definition) is 1. The molecule has 0 aliphatic carbocycles. The Morgan fingerprint density at radius 1 is 1.45 bits per heavy atom. The van der Waals surface area contributed by atoms with Crippen LogP contribution in [0.1, 0.15) is 10.4 Å². The highest BCUT2D eigenvalue weighted by atomic mass is 32.2. The van der Waals surface area contributed by atoms with Crippen molar-refractivity contribution in [3.63, 3.8) is 0 Å². The molecule has 0 aliphatic rings. The maximum absolute atomic E-state index is 12.0. The Labute approximate surface area is 115 Å². The second-order valence-corrected chi connectivity index (χ2v) is 6.17. The molecule has 8 nitrogen and oxygen atoms in total. The molecule has 0 saturated heterocycles. The van der Waals surface area contributed by atoms with Crippen LogP contribution in [0.5, 0.6) is 0 Å². The van der Waals surface area contributed by atoms with E-state index in [-0.39, 0.29) is 23.6 Å². The van der Waals surface area contributed by atoms with Gasteiger partial charge in [0.05, 0.1) is 16.4 Å². The summed E-state index contributed by atoms with van der Waals surface area (Å²) in [5, 5.41) is 19.7. The van der Waals surface area contributed by atoms with Gasteiger partial charge in [0.2, 0.25) is 0 Å². The number of aliphatic hydroxyl groups is 1. The number of nitro benzene ring substituents is 1.